The van der Waals surface area contributed by atoms with E-state index in [0.717, 1.165) is 5.56 Å². The SMILES string of the molecule is CC.Cc1ccc(Nc2c(C(=O)NOCCO)ccc(=O)n2C)c(Cl)c1. The van der Waals surface area contributed by atoms with Crippen molar-refractivity contribution >= 4 is 29.0 Å². The number of hydrogen-bond acceptors (Lipinski definition) is 5. The first-order valence-corrected chi connectivity index (χ1v) is 8.58. The first kappa shape index (κ1) is 21.7. The van der Waals surface area contributed by atoms with E-state index in [-0.39, 0.29) is 30.2 Å². The second-order valence-corrected chi connectivity index (χ2v) is 5.51. The number of pyridine rings is 1. The molecule has 26 heavy (non-hydrogen) atoms. The summed E-state index contributed by atoms with van der Waals surface area (Å²) in [6.07, 6.45) is 0. The van der Waals surface area contributed by atoms with Crippen molar-refractivity contribution in [3.05, 3.63) is 56.8 Å². The van der Waals surface area contributed by atoms with Gasteiger partial charge in [-0.15, -0.1) is 0 Å². The number of aryl methyl sites for hydroxylation is 1. The summed E-state index contributed by atoms with van der Waals surface area (Å²) in [5, 5.41) is 12.2. The first-order chi connectivity index (χ1) is 12.4. The summed E-state index contributed by atoms with van der Waals surface area (Å²) in [5.41, 5.74) is 3.68. The van der Waals surface area contributed by atoms with E-state index in [4.69, 9.17) is 21.5 Å². The summed E-state index contributed by atoms with van der Waals surface area (Å²) in [6.45, 7) is 5.65. The molecule has 1 aromatic carbocycles. The molecule has 1 amide bonds. The summed E-state index contributed by atoms with van der Waals surface area (Å²) < 4.78 is 1.30. The number of nitrogens with zero attached hydrogens (tertiary/aromatic N) is 1. The van der Waals surface area contributed by atoms with Gasteiger partial charge in [0, 0.05) is 13.1 Å². The van der Waals surface area contributed by atoms with Crippen LogP contribution in [-0.2, 0) is 11.9 Å². The van der Waals surface area contributed by atoms with E-state index in [0.29, 0.717) is 10.7 Å². The van der Waals surface area contributed by atoms with Crippen molar-refractivity contribution in [3.8, 4) is 0 Å². The van der Waals surface area contributed by atoms with Crippen molar-refractivity contribution in [2.24, 2.45) is 7.05 Å². The van der Waals surface area contributed by atoms with Crippen LogP contribution in [0.2, 0.25) is 5.02 Å². The fourth-order valence-corrected chi connectivity index (χ4v) is 2.32. The number of nitrogens with one attached hydrogen (secondary N) is 2. The van der Waals surface area contributed by atoms with E-state index >= 15 is 0 Å². The van der Waals surface area contributed by atoms with E-state index in [1.54, 1.807) is 12.1 Å². The van der Waals surface area contributed by atoms with Gasteiger partial charge in [0.2, 0.25) is 0 Å². The van der Waals surface area contributed by atoms with Gasteiger partial charge in [-0.25, -0.2) is 5.48 Å². The molecule has 2 aromatic rings. The molecule has 0 aliphatic rings. The molecule has 2 rings (SSSR count). The Balaban J connectivity index is 0.00000163. The topological polar surface area (TPSA) is 92.6 Å². The van der Waals surface area contributed by atoms with Crippen molar-refractivity contribution in [2.75, 3.05) is 18.5 Å². The molecule has 0 saturated heterocycles. The largest absolute Gasteiger partial charge is 0.394 e. The van der Waals surface area contributed by atoms with Gasteiger partial charge < -0.3 is 10.4 Å². The Morgan fingerprint density at radius 1 is 1.27 bits per heavy atom. The highest BCUT2D eigenvalue weighted by atomic mass is 35.5. The van der Waals surface area contributed by atoms with Crippen LogP contribution in [0, 0.1) is 6.92 Å². The van der Waals surface area contributed by atoms with Gasteiger partial charge in [0.1, 0.15) is 5.82 Å². The van der Waals surface area contributed by atoms with Gasteiger partial charge in [0.15, 0.2) is 0 Å². The molecule has 0 spiro atoms. The first-order valence-electron chi connectivity index (χ1n) is 8.20. The van der Waals surface area contributed by atoms with Gasteiger partial charge in [0.05, 0.1) is 29.5 Å². The third-order valence-electron chi connectivity index (χ3n) is 3.29. The lowest BCUT2D eigenvalue weighted by atomic mass is 10.2. The highest BCUT2D eigenvalue weighted by Crippen LogP contribution is 2.27. The highest BCUT2D eigenvalue weighted by Gasteiger charge is 2.16. The number of hydroxylamine groups is 1. The maximum atomic E-state index is 12.2. The van der Waals surface area contributed by atoms with Crippen LogP contribution in [0.4, 0.5) is 11.5 Å². The number of halogens is 1. The normalized spacial score (nSPS) is 9.92. The van der Waals surface area contributed by atoms with Crippen molar-refractivity contribution in [1.29, 1.82) is 0 Å². The Bertz CT molecular complexity index is 806. The van der Waals surface area contributed by atoms with Crippen LogP contribution in [0.3, 0.4) is 0 Å². The number of carbonyl (C=O) groups excluding carboxylic acids is 1. The lowest BCUT2D eigenvalue weighted by molar-refractivity contribution is 0.0168. The van der Waals surface area contributed by atoms with Crippen LogP contribution in [-0.4, -0.2) is 28.8 Å². The number of aromatic nitrogens is 1. The Morgan fingerprint density at radius 2 is 1.96 bits per heavy atom. The van der Waals surface area contributed by atoms with E-state index in [2.05, 4.69) is 10.8 Å². The highest BCUT2D eigenvalue weighted by molar-refractivity contribution is 6.33. The Kier molecular flexibility index (Phi) is 8.84. The van der Waals surface area contributed by atoms with Gasteiger partial charge in [-0.1, -0.05) is 31.5 Å². The molecule has 0 fully saturated rings. The molecule has 3 N–H and O–H groups in total. The van der Waals surface area contributed by atoms with Gasteiger partial charge >= 0.3 is 0 Å². The molecule has 7 nitrogen and oxygen atoms in total. The summed E-state index contributed by atoms with van der Waals surface area (Å²) >= 11 is 6.20. The monoisotopic (exact) mass is 381 g/mol. The molecule has 1 heterocycles. The predicted octanol–water partition coefficient (Wildman–Crippen LogP) is 2.77. The molecule has 142 valence electrons. The van der Waals surface area contributed by atoms with Gasteiger partial charge in [-0.05, 0) is 30.7 Å². The number of anilines is 2. The molecule has 0 aliphatic carbocycles. The average Bonchev–Trinajstić information content (AvgIpc) is 2.63. The maximum absolute atomic E-state index is 12.2. The van der Waals surface area contributed by atoms with Crippen LogP contribution in [0.15, 0.2) is 35.1 Å². The Morgan fingerprint density at radius 3 is 2.58 bits per heavy atom. The lowest BCUT2D eigenvalue weighted by Crippen LogP contribution is -2.29. The van der Waals surface area contributed by atoms with Crippen molar-refractivity contribution in [3.63, 3.8) is 0 Å². The van der Waals surface area contributed by atoms with Crippen molar-refractivity contribution < 1.29 is 14.7 Å². The molecule has 0 aliphatic heterocycles. The van der Waals surface area contributed by atoms with Gasteiger partial charge in [-0.3, -0.25) is 19.0 Å². The fraction of sp³-hybridized carbons (Fsp3) is 0.333. The molecule has 0 saturated carbocycles. The number of aliphatic hydroxyl groups excluding tert-OH is 1. The zero-order valence-corrected chi connectivity index (χ0v) is 16.1. The molecule has 1 aromatic heterocycles. The number of benzene rings is 1. The van der Waals surface area contributed by atoms with E-state index in [1.165, 1.54) is 23.7 Å². The zero-order chi connectivity index (χ0) is 19.7. The van der Waals surface area contributed by atoms with E-state index in [9.17, 15) is 9.59 Å². The quantitative estimate of drug-likeness (QED) is 0.528. The van der Waals surface area contributed by atoms with E-state index < -0.39 is 5.91 Å². The lowest BCUT2D eigenvalue weighted by Gasteiger charge is -2.16. The van der Waals surface area contributed by atoms with Crippen LogP contribution in [0.1, 0.15) is 29.8 Å². The number of hydrogen-bond donors (Lipinski definition) is 3. The van der Waals surface area contributed by atoms with Gasteiger partial charge in [0.25, 0.3) is 11.5 Å². The minimum absolute atomic E-state index is 0.0376. The Hall–Kier alpha value is -2.35. The van der Waals surface area contributed by atoms with Crippen LogP contribution >= 0.6 is 11.6 Å². The third-order valence-corrected chi connectivity index (χ3v) is 3.61. The van der Waals surface area contributed by atoms with Crippen LogP contribution in [0.5, 0.6) is 0 Å². The molecular formula is C18H24ClN3O4. The fourth-order valence-electron chi connectivity index (χ4n) is 2.04. The van der Waals surface area contributed by atoms with Crippen molar-refractivity contribution in [2.45, 2.75) is 20.8 Å². The predicted molar refractivity (Wildman–Crippen MR) is 103 cm³/mol. The Labute approximate surface area is 157 Å². The van der Waals surface area contributed by atoms with Gasteiger partial charge in [-0.2, -0.15) is 0 Å². The molecule has 0 unspecified atom stereocenters. The summed E-state index contributed by atoms with van der Waals surface area (Å²) in [7, 11) is 1.54. The number of aliphatic hydroxyl groups is 1. The zero-order valence-electron chi connectivity index (χ0n) is 15.3. The molecular weight excluding hydrogens is 358 g/mol. The summed E-state index contributed by atoms with van der Waals surface area (Å²) in [6, 6.07) is 8.07. The molecule has 8 heteroatoms. The maximum Gasteiger partial charge on any atom is 0.278 e. The summed E-state index contributed by atoms with van der Waals surface area (Å²) in [5.74, 6) is -0.275. The second kappa shape index (κ2) is 10.6. The molecule has 0 radical (unpaired) electrons. The third kappa shape index (κ3) is 5.59. The summed E-state index contributed by atoms with van der Waals surface area (Å²) in [4.78, 5) is 28.9. The smallest absolute Gasteiger partial charge is 0.278 e. The van der Waals surface area contributed by atoms with Crippen LogP contribution < -0.4 is 16.4 Å². The standard InChI is InChI=1S/C16H18ClN3O4.C2H6/c1-10-3-5-13(12(17)9-10)18-15-11(4-6-14(22)20(15)2)16(23)19-24-8-7-21;1-2/h3-6,9,18,21H,7-8H2,1-2H3,(H,19,23);1-2H3. The number of rotatable bonds is 6. The van der Waals surface area contributed by atoms with E-state index in [1.807, 2.05) is 26.8 Å². The molecule has 0 bridgehead atoms. The van der Waals surface area contributed by atoms with Crippen molar-refractivity contribution in [1.82, 2.24) is 10.0 Å². The molecule has 0 atom stereocenters. The minimum Gasteiger partial charge on any atom is -0.394 e. The minimum atomic E-state index is -0.551. The van der Waals surface area contributed by atoms with Crippen LogP contribution in [0.25, 0.3) is 0 Å². The number of carbonyl (C=O) groups is 1. The second-order valence-electron chi connectivity index (χ2n) is 5.10. The number of amides is 1. The average molecular weight is 382 g/mol.